The number of para-hydroxylation sites is 1. The number of nitrogens with one attached hydrogen (secondary N) is 1. The van der Waals surface area contributed by atoms with Gasteiger partial charge in [0.05, 0.1) is 10.6 Å². The molecule has 0 unspecified atom stereocenters. The molecule has 0 aliphatic rings. The van der Waals surface area contributed by atoms with Gasteiger partial charge >= 0.3 is 0 Å². The molecule has 0 aromatic heterocycles. The van der Waals surface area contributed by atoms with Crippen LogP contribution in [-0.2, 0) is 16.4 Å². The summed E-state index contributed by atoms with van der Waals surface area (Å²) in [5, 5.41) is 21.7. The van der Waals surface area contributed by atoms with Crippen LogP contribution in [0.5, 0.6) is 0 Å². The second kappa shape index (κ2) is 7.33. The predicted molar refractivity (Wildman–Crippen MR) is 91.2 cm³/mol. The molecule has 2 aromatic carbocycles. The van der Waals surface area contributed by atoms with Crippen molar-refractivity contribution in [3.05, 3.63) is 58.1 Å². The third kappa shape index (κ3) is 3.84. The van der Waals surface area contributed by atoms with Gasteiger partial charge in [-0.1, -0.05) is 19.1 Å². The highest BCUT2D eigenvalue weighted by Gasteiger charge is 2.25. The number of aryl methyl sites for hydroxylation is 1. The van der Waals surface area contributed by atoms with E-state index in [0.717, 1.165) is 17.8 Å². The number of thioether (sulfide) groups is 1. The Kier molecular flexibility index (Phi) is 5.43. The van der Waals surface area contributed by atoms with Gasteiger partial charge in [-0.3, -0.25) is 14.8 Å². The van der Waals surface area contributed by atoms with E-state index in [1.807, 2.05) is 12.3 Å². The van der Waals surface area contributed by atoms with E-state index >= 15 is 0 Å². The molecule has 2 rings (SSSR count). The minimum atomic E-state index is -4.11. The highest BCUT2D eigenvalue weighted by Crippen LogP contribution is 2.29. The van der Waals surface area contributed by atoms with Gasteiger partial charge in [0.1, 0.15) is 5.40 Å². The number of hydrogen-bond donors (Lipinski definition) is 1. The summed E-state index contributed by atoms with van der Waals surface area (Å²) in [5.41, 5.74) is 0.537. The molecule has 0 fully saturated rings. The van der Waals surface area contributed by atoms with E-state index in [1.54, 1.807) is 18.2 Å². The topological polar surface area (TPSA) is 113 Å². The van der Waals surface area contributed by atoms with E-state index in [2.05, 4.69) is 4.72 Å². The first-order valence-electron chi connectivity index (χ1n) is 6.84. The lowest BCUT2D eigenvalue weighted by Gasteiger charge is -2.12. The quantitative estimate of drug-likeness (QED) is 0.363. The number of thiocyanates is 1. The molecule has 0 saturated heterocycles. The van der Waals surface area contributed by atoms with Gasteiger partial charge in [-0.05, 0) is 48.0 Å². The number of sulfonamides is 1. The third-order valence-corrected chi connectivity index (χ3v) is 5.21. The smallest absolute Gasteiger partial charge is 0.279 e. The highest BCUT2D eigenvalue weighted by atomic mass is 32.2. The lowest BCUT2D eigenvalue weighted by atomic mass is 10.1. The van der Waals surface area contributed by atoms with Crippen LogP contribution in [0.3, 0.4) is 0 Å². The third-order valence-electron chi connectivity index (χ3n) is 3.22. The van der Waals surface area contributed by atoms with Crippen molar-refractivity contribution in [1.82, 2.24) is 0 Å². The Labute approximate surface area is 143 Å². The van der Waals surface area contributed by atoms with Crippen molar-refractivity contribution in [1.29, 1.82) is 5.26 Å². The standard InChI is InChI=1S/C15H13N3O4S2/c1-2-11-9-12(23-10-16)7-8-13(11)17-24(21,22)15-6-4-3-5-14(15)18(19)20/h3-9,17H,2H2,1H3. The first-order chi connectivity index (χ1) is 11.4. The second-order valence-electron chi connectivity index (χ2n) is 4.70. The van der Waals surface area contributed by atoms with Crippen LogP contribution in [0, 0.1) is 20.8 Å². The Hall–Kier alpha value is -2.57. The summed E-state index contributed by atoms with van der Waals surface area (Å²) >= 11 is 0.973. The normalized spacial score (nSPS) is 10.8. The molecule has 124 valence electrons. The molecule has 9 heteroatoms. The number of hydrogen-bond acceptors (Lipinski definition) is 6. The maximum Gasteiger partial charge on any atom is 0.289 e. The monoisotopic (exact) mass is 363 g/mol. The van der Waals surface area contributed by atoms with Crippen LogP contribution in [0.25, 0.3) is 0 Å². The van der Waals surface area contributed by atoms with Crippen molar-refractivity contribution in [3.8, 4) is 5.40 Å². The maximum absolute atomic E-state index is 12.5. The largest absolute Gasteiger partial charge is 0.289 e. The Bertz CT molecular complexity index is 921. The van der Waals surface area contributed by atoms with E-state index in [-0.39, 0.29) is 0 Å². The number of rotatable bonds is 6. The van der Waals surface area contributed by atoms with E-state index in [9.17, 15) is 18.5 Å². The Morgan fingerprint density at radius 1 is 1.29 bits per heavy atom. The molecule has 0 heterocycles. The molecule has 7 nitrogen and oxygen atoms in total. The first kappa shape index (κ1) is 17.8. The van der Waals surface area contributed by atoms with Crippen LogP contribution < -0.4 is 4.72 Å². The molecule has 1 N–H and O–H groups in total. The lowest BCUT2D eigenvalue weighted by molar-refractivity contribution is -0.387. The van der Waals surface area contributed by atoms with Gasteiger partial charge < -0.3 is 0 Å². The number of nitro benzene ring substituents is 1. The van der Waals surface area contributed by atoms with Gasteiger partial charge in [0.15, 0.2) is 4.90 Å². The lowest BCUT2D eigenvalue weighted by Crippen LogP contribution is -2.15. The van der Waals surface area contributed by atoms with E-state index in [0.29, 0.717) is 22.6 Å². The molecule has 24 heavy (non-hydrogen) atoms. The zero-order chi connectivity index (χ0) is 17.7. The molecule has 0 radical (unpaired) electrons. The van der Waals surface area contributed by atoms with E-state index in [4.69, 9.17) is 5.26 Å². The van der Waals surface area contributed by atoms with Crippen LogP contribution in [-0.4, -0.2) is 13.3 Å². The van der Waals surface area contributed by atoms with Crippen molar-refractivity contribution in [2.75, 3.05) is 4.72 Å². The van der Waals surface area contributed by atoms with Crippen molar-refractivity contribution >= 4 is 33.2 Å². The van der Waals surface area contributed by atoms with Crippen molar-refractivity contribution < 1.29 is 13.3 Å². The van der Waals surface area contributed by atoms with Crippen LogP contribution in [0.4, 0.5) is 11.4 Å². The van der Waals surface area contributed by atoms with Gasteiger partial charge in [0.25, 0.3) is 15.7 Å². The Balaban J connectivity index is 2.44. The van der Waals surface area contributed by atoms with Crippen LogP contribution in [0.2, 0.25) is 0 Å². The van der Waals surface area contributed by atoms with Gasteiger partial charge in [-0.15, -0.1) is 0 Å². The second-order valence-corrected chi connectivity index (χ2v) is 7.21. The van der Waals surface area contributed by atoms with Gasteiger partial charge in [-0.25, -0.2) is 8.42 Å². The van der Waals surface area contributed by atoms with E-state index < -0.39 is 25.5 Å². The van der Waals surface area contributed by atoms with Gasteiger partial charge in [0, 0.05) is 11.0 Å². The predicted octanol–water partition coefficient (Wildman–Crippen LogP) is 3.53. The average Bonchev–Trinajstić information content (AvgIpc) is 2.56. The number of nitriles is 1. The molecular weight excluding hydrogens is 350 g/mol. The fourth-order valence-corrected chi connectivity index (χ4v) is 3.83. The summed E-state index contributed by atoms with van der Waals surface area (Å²) in [4.78, 5) is 10.6. The molecular formula is C15H13N3O4S2. The molecule has 0 aliphatic heterocycles. The van der Waals surface area contributed by atoms with Crippen LogP contribution >= 0.6 is 11.8 Å². The van der Waals surface area contributed by atoms with Crippen LogP contribution in [0.1, 0.15) is 12.5 Å². The molecule has 0 bridgehead atoms. The summed E-state index contributed by atoms with van der Waals surface area (Å²) in [6.07, 6.45) is 0.536. The number of benzene rings is 2. The minimum absolute atomic E-state index is 0.331. The fraction of sp³-hybridized carbons (Fsp3) is 0.133. The summed E-state index contributed by atoms with van der Waals surface area (Å²) in [6.45, 7) is 1.85. The average molecular weight is 363 g/mol. The molecule has 0 saturated carbocycles. The zero-order valence-corrected chi connectivity index (χ0v) is 14.2. The fourth-order valence-electron chi connectivity index (χ4n) is 2.11. The molecule has 0 atom stereocenters. The maximum atomic E-state index is 12.5. The Morgan fingerprint density at radius 2 is 2.00 bits per heavy atom. The molecule has 2 aromatic rings. The van der Waals surface area contributed by atoms with Crippen molar-refractivity contribution in [2.24, 2.45) is 0 Å². The summed E-state index contributed by atoms with van der Waals surface area (Å²) in [6, 6.07) is 10.0. The summed E-state index contributed by atoms with van der Waals surface area (Å²) < 4.78 is 27.5. The minimum Gasteiger partial charge on any atom is -0.279 e. The van der Waals surface area contributed by atoms with Crippen LogP contribution in [0.15, 0.2) is 52.3 Å². The van der Waals surface area contributed by atoms with Gasteiger partial charge in [0.2, 0.25) is 0 Å². The molecule has 0 spiro atoms. The van der Waals surface area contributed by atoms with E-state index in [1.165, 1.54) is 18.2 Å². The number of nitrogens with zero attached hydrogens (tertiary/aromatic N) is 2. The zero-order valence-electron chi connectivity index (χ0n) is 12.6. The first-order valence-corrected chi connectivity index (χ1v) is 9.14. The molecule has 0 aliphatic carbocycles. The molecule has 0 amide bonds. The highest BCUT2D eigenvalue weighted by molar-refractivity contribution is 8.03. The summed E-state index contributed by atoms with van der Waals surface area (Å²) in [7, 11) is -4.11. The SMILES string of the molecule is CCc1cc(SC#N)ccc1NS(=O)(=O)c1ccccc1[N+](=O)[O-]. The van der Waals surface area contributed by atoms with Crippen molar-refractivity contribution in [2.45, 2.75) is 23.1 Å². The summed E-state index contributed by atoms with van der Waals surface area (Å²) in [5.74, 6) is 0. The Morgan fingerprint density at radius 3 is 2.62 bits per heavy atom. The van der Waals surface area contributed by atoms with Gasteiger partial charge in [-0.2, -0.15) is 5.26 Å². The number of nitro groups is 1. The van der Waals surface area contributed by atoms with Crippen molar-refractivity contribution in [3.63, 3.8) is 0 Å². The number of anilines is 1.